The van der Waals surface area contributed by atoms with Gasteiger partial charge in [-0.25, -0.2) is 0 Å². The van der Waals surface area contributed by atoms with Crippen LogP contribution in [0.3, 0.4) is 0 Å². The fraction of sp³-hybridized carbons (Fsp3) is 0.412. The summed E-state index contributed by atoms with van der Waals surface area (Å²) in [4.78, 5) is 23.9. The Morgan fingerprint density at radius 1 is 1.24 bits per heavy atom. The molecule has 0 aliphatic heterocycles. The van der Waals surface area contributed by atoms with Crippen molar-refractivity contribution in [2.24, 2.45) is 5.41 Å². The van der Waals surface area contributed by atoms with Gasteiger partial charge in [0.05, 0.1) is 19.8 Å². The molecule has 1 rings (SSSR count). The molecule has 1 aromatic carbocycles. The van der Waals surface area contributed by atoms with E-state index in [-0.39, 0.29) is 19.0 Å². The van der Waals surface area contributed by atoms with Crippen molar-refractivity contribution in [3.8, 4) is 0 Å². The maximum absolute atomic E-state index is 12.0. The Balaban J connectivity index is 2.66. The second kappa shape index (κ2) is 7.74. The molecule has 0 heterocycles. The van der Waals surface area contributed by atoms with Crippen molar-refractivity contribution in [2.75, 3.05) is 13.2 Å². The van der Waals surface area contributed by atoms with Crippen molar-refractivity contribution >= 4 is 11.8 Å². The van der Waals surface area contributed by atoms with E-state index < -0.39 is 11.4 Å². The van der Waals surface area contributed by atoms with Gasteiger partial charge in [0.2, 0.25) is 0 Å². The summed E-state index contributed by atoms with van der Waals surface area (Å²) in [6, 6.07) is 9.66. The number of hydrogen-bond donors (Lipinski definition) is 0. The van der Waals surface area contributed by atoms with Crippen LogP contribution in [0.2, 0.25) is 0 Å². The van der Waals surface area contributed by atoms with Crippen molar-refractivity contribution in [3.63, 3.8) is 0 Å². The van der Waals surface area contributed by atoms with Crippen LogP contribution in [-0.2, 0) is 25.7 Å². The highest BCUT2D eigenvalue weighted by atomic mass is 16.5. The minimum absolute atomic E-state index is 0.129. The van der Waals surface area contributed by atoms with Gasteiger partial charge in [-0.2, -0.15) is 0 Å². The highest BCUT2D eigenvalue weighted by molar-refractivity contribution is 6.05. The van der Waals surface area contributed by atoms with Gasteiger partial charge in [0.1, 0.15) is 5.41 Å². The lowest BCUT2D eigenvalue weighted by Gasteiger charge is -2.26. The van der Waals surface area contributed by atoms with Gasteiger partial charge < -0.3 is 9.47 Å². The number of esters is 1. The molecule has 21 heavy (non-hydrogen) atoms. The Morgan fingerprint density at radius 2 is 1.86 bits per heavy atom. The highest BCUT2D eigenvalue weighted by Gasteiger charge is 2.42. The van der Waals surface area contributed by atoms with Crippen LogP contribution in [0.25, 0.3) is 0 Å². The number of rotatable bonds is 8. The third-order valence-corrected chi connectivity index (χ3v) is 3.48. The van der Waals surface area contributed by atoms with Gasteiger partial charge >= 0.3 is 5.97 Å². The summed E-state index contributed by atoms with van der Waals surface area (Å²) in [6.07, 6.45) is 0. The van der Waals surface area contributed by atoms with Crippen LogP contribution >= 0.6 is 0 Å². The lowest BCUT2D eigenvalue weighted by atomic mass is 9.79. The first-order valence-electron chi connectivity index (χ1n) is 6.91. The smallest absolute Gasteiger partial charge is 0.323 e. The average Bonchev–Trinajstić information content (AvgIpc) is 2.47. The maximum atomic E-state index is 12.0. The summed E-state index contributed by atoms with van der Waals surface area (Å²) in [7, 11) is 0. The van der Waals surface area contributed by atoms with Gasteiger partial charge in [0.25, 0.3) is 0 Å². The molecule has 0 aliphatic carbocycles. The molecule has 0 aromatic heterocycles. The molecule has 0 saturated carbocycles. The summed E-state index contributed by atoms with van der Waals surface area (Å²) in [6.45, 7) is 9.18. The summed E-state index contributed by atoms with van der Waals surface area (Å²) < 4.78 is 10.5. The van der Waals surface area contributed by atoms with Gasteiger partial charge in [-0.15, -0.1) is 0 Å². The number of hydrogen-bond acceptors (Lipinski definition) is 4. The van der Waals surface area contributed by atoms with Gasteiger partial charge in [-0.1, -0.05) is 36.9 Å². The van der Waals surface area contributed by atoms with E-state index in [9.17, 15) is 9.59 Å². The number of Topliss-reactive ketones (excluding diaryl/α,β-unsaturated/α-hetero) is 1. The molecule has 1 atom stereocenters. The largest absolute Gasteiger partial charge is 0.465 e. The van der Waals surface area contributed by atoms with Crippen LogP contribution < -0.4 is 0 Å². The Labute approximate surface area is 125 Å². The summed E-state index contributed by atoms with van der Waals surface area (Å²) in [5.74, 6) is -0.875. The van der Waals surface area contributed by atoms with Gasteiger partial charge in [0.15, 0.2) is 5.78 Å². The first-order valence-corrected chi connectivity index (χ1v) is 6.91. The first-order chi connectivity index (χ1) is 9.92. The molecule has 4 heteroatoms. The standard InChI is InChI=1S/C17H22O4/c1-5-21-16(19)17(4,14(3)18)13(2)11-20-12-15-9-7-6-8-10-15/h6-10H,2,5,11-12H2,1,3-4H3. The summed E-state index contributed by atoms with van der Waals surface area (Å²) >= 11 is 0. The molecule has 0 aliphatic rings. The van der Waals surface area contributed by atoms with Crippen molar-refractivity contribution in [1.82, 2.24) is 0 Å². The van der Waals surface area contributed by atoms with E-state index in [4.69, 9.17) is 9.47 Å². The fourth-order valence-corrected chi connectivity index (χ4v) is 1.82. The maximum Gasteiger partial charge on any atom is 0.323 e. The van der Waals surface area contributed by atoms with E-state index in [0.717, 1.165) is 5.56 Å². The predicted molar refractivity (Wildman–Crippen MR) is 80.7 cm³/mol. The van der Waals surface area contributed by atoms with Gasteiger partial charge in [-0.05, 0) is 31.9 Å². The Hall–Kier alpha value is -1.94. The van der Waals surface area contributed by atoms with E-state index in [0.29, 0.717) is 12.2 Å². The SMILES string of the molecule is C=C(COCc1ccccc1)C(C)(C(C)=O)C(=O)OCC. The molecular weight excluding hydrogens is 268 g/mol. The van der Waals surface area contributed by atoms with Crippen LogP contribution in [0, 0.1) is 5.41 Å². The molecule has 1 unspecified atom stereocenters. The second-order valence-corrected chi connectivity index (χ2v) is 4.98. The molecule has 1 aromatic rings. The topological polar surface area (TPSA) is 52.6 Å². The number of carbonyl (C=O) groups is 2. The highest BCUT2D eigenvalue weighted by Crippen LogP contribution is 2.29. The van der Waals surface area contributed by atoms with Crippen LogP contribution in [0.15, 0.2) is 42.5 Å². The number of ketones is 1. The van der Waals surface area contributed by atoms with E-state index in [1.165, 1.54) is 13.8 Å². The van der Waals surface area contributed by atoms with Gasteiger partial charge in [-0.3, -0.25) is 9.59 Å². The van der Waals surface area contributed by atoms with E-state index in [1.54, 1.807) is 6.92 Å². The number of ether oxygens (including phenoxy) is 2. The van der Waals surface area contributed by atoms with Crippen LogP contribution in [-0.4, -0.2) is 25.0 Å². The zero-order valence-corrected chi connectivity index (χ0v) is 12.8. The van der Waals surface area contributed by atoms with Crippen molar-refractivity contribution in [1.29, 1.82) is 0 Å². The Morgan fingerprint density at radius 3 is 2.38 bits per heavy atom. The molecule has 0 fully saturated rings. The molecule has 0 radical (unpaired) electrons. The molecule has 0 N–H and O–H groups in total. The molecule has 0 saturated heterocycles. The summed E-state index contributed by atoms with van der Waals surface area (Å²) in [5, 5.41) is 0. The van der Waals surface area contributed by atoms with E-state index in [1.807, 2.05) is 30.3 Å². The minimum Gasteiger partial charge on any atom is -0.465 e. The lowest BCUT2D eigenvalue weighted by Crippen LogP contribution is -2.39. The number of benzene rings is 1. The van der Waals surface area contributed by atoms with Crippen molar-refractivity contribution < 1.29 is 19.1 Å². The quantitative estimate of drug-likeness (QED) is 0.419. The number of carbonyl (C=O) groups excluding carboxylic acids is 2. The normalized spacial score (nSPS) is 13.3. The Kier molecular flexibility index (Phi) is 6.31. The first kappa shape index (κ1) is 17.1. The molecule has 4 nitrogen and oxygen atoms in total. The van der Waals surface area contributed by atoms with Crippen LogP contribution in [0.4, 0.5) is 0 Å². The fourth-order valence-electron chi connectivity index (χ4n) is 1.82. The van der Waals surface area contributed by atoms with Gasteiger partial charge in [0, 0.05) is 0 Å². The van der Waals surface area contributed by atoms with Crippen molar-refractivity contribution in [2.45, 2.75) is 27.4 Å². The predicted octanol–water partition coefficient (Wildman–Crippen LogP) is 2.92. The molecule has 0 bridgehead atoms. The summed E-state index contributed by atoms with van der Waals surface area (Å²) in [5.41, 5.74) is 0.0718. The third-order valence-electron chi connectivity index (χ3n) is 3.48. The third kappa shape index (κ3) is 4.26. The van der Waals surface area contributed by atoms with Crippen LogP contribution in [0.5, 0.6) is 0 Å². The second-order valence-electron chi connectivity index (χ2n) is 4.98. The zero-order chi connectivity index (χ0) is 15.9. The molecule has 0 spiro atoms. The van der Waals surface area contributed by atoms with Crippen LogP contribution in [0.1, 0.15) is 26.3 Å². The average molecular weight is 290 g/mol. The monoisotopic (exact) mass is 290 g/mol. The zero-order valence-electron chi connectivity index (χ0n) is 12.8. The van der Waals surface area contributed by atoms with E-state index in [2.05, 4.69) is 6.58 Å². The molecule has 0 amide bonds. The molecule has 114 valence electrons. The van der Waals surface area contributed by atoms with Crippen molar-refractivity contribution in [3.05, 3.63) is 48.0 Å². The molecular formula is C17H22O4. The van der Waals surface area contributed by atoms with E-state index >= 15 is 0 Å². The Bertz CT molecular complexity index is 507. The lowest BCUT2D eigenvalue weighted by molar-refractivity contribution is -0.156. The minimum atomic E-state index is -1.35.